The van der Waals surface area contributed by atoms with E-state index in [-0.39, 0.29) is 12.2 Å². The van der Waals surface area contributed by atoms with E-state index in [9.17, 15) is 21.4 Å². The number of allylic oxidation sites excluding steroid dienone is 2. The van der Waals surface area contributed by atoms with E-state index < -0.39 is 26.0 Å². The van der Waals surface area contributed by atoms with Gasteiger partial charge in [-0.05, 0) is 60.4 Å². The Bertz CT molecular complexity index is 2110. The summed E-state index contributed by atoms with van der Waals surface area (Å²) < 4.78 is 66.5. The second-order valence-corrected chi connectivity index (χ2v) is 17.2. The van der Waals surface area contributed by atoms with Crippen LogP contribution in [-0.4, -0.2) is 46.0 Å². The molecule has 2 aliphatic rings. The van der Waals surface area contributed by atoms with Crippen molar-refractivity contribution in [3.8, 4) is 11.3 Å². The van der Waals surface area contributed by atoms with Gasteiger partial charge in [-0.1, -0.05) is 85.5 Å². The van der Waals surface area contributed by atoms with Gasteiger partial charge in [0.1, 0.15) is 0 Å². The van der Waals surface area contributed by atoms with Crippen LogP contribution in [0.4, 0.5) is 5.69 Å². The number of rotatable bonds is 14. The molecule has 1 aliphatic heterocycles. The van der Waals surface area contributed by atoms with E-state index in [0.717, 1.165) is 67.5 Å². The maximum Gasteiger partial charge on any atom is 0.283 e. The Kier molecular flexibility index (Phi) is 10.8. The van der Waals surface area contributed by atoms with E-state index >= 15 is 0 Å². The van der Waals surface area contributed by atoms with E-state index in [4.69, 9.17) is 4.28 Å². The fourth-order valence-electron chi connectivity index (χ4n) is 6.26. The van der Waals surface area contributed by atoms with Gasteiger partial charge < -0.3 is 9.45 Å². The molecule has 3 aromatic carbocycles. The molecule has 13 heteroatoms. The molecule has 9 nitrogen and oxygen atoms in total. The highest BCUT2D eigenvalue weighted by molar-refractivity contribution is 8.03. The zero-order chi connectivity index (χ0) is 33.9. The van der Waals surface area contributed by atoms with Crippen molar-refractivity contribution in [2.24, 2.45) is 0 Å². The van der Waals surface area contributed by atoms with Crippen LogP contribution < -0.4 is 14.9 Å². The minimum atomic E-state index is -4.33. The maximum absolute atomic E-state index is 12.5. The van der Waals surface area contributed by atoms with Crippen LogP contribution in [0.15, 0.2) is 82.2 Å². The zero-order valence-corrected chi connectivity index (χ0v) is 30.2. The highest BCUT2D eigenvalue weighted by Crippen LogP contribution is 2.50. The number of benzene rings is 3. The lowest BCUT2D eigenvalue weighted by molar-refractivity contribution is -0.683. The average Bonchev–Trinajstić information content (AvgIpc) is 3.60. The summed E-state index contributed by atoms with van der Waals surface area (Å²) in [6, 6.07) is 20.8. The van der Waals surface area contributed by atoms with Gasteiger partial charge in [0.05, 0.1) is 37.0 Å². The molecule has 0 radical (unpaired) electrons. The predicted octanol–water partition coefficient (Wildman–Crippen LogP) is 6.40. The summed E-state index contributed by atoms with van der Waals surface area (Å²) >= 11 is 3.39. The molecule has 254 valence electrons. The lowest BCUT2D eigenvalue weighted by atomic mass is 9.93. The molecular formula is C35H39N3O6S4. The Hall–Kier alpha value is -3.04. The van der Waals surface area contributed by atoms with Crippen LogP contribution in [-0.2, 0) is 43.9 Å². The van der Waals surface area contributed by atoms with Gasteiger partial charge >= 0.3 is 0 Å². The third kappa shape index (κ3) is 7.88. The predicted molar refractivity (Wildman–Crippen MR) is 193 cm³/mol. The van der Waals surface area contributed by atoms with Crippen molar-refractivity contribution >= 4 is 65.9 Å². The normalized spacial score (nSPS) is 15.6. The Labute approximate surface area is 291 Å². The quantitative estimate of drug-likeness (QED) is 0.0895. The van der Waals surface area contributed by atoms with Crippen molar-refractivity contribution in [1.82, 2.24) is 5.48 Å². The SMILES string of the molecule is CCNOS(=O)(=O)CCCN1C(=CC(=Cc2sc3c([n+]2CCCS(=O)(=O)[O-])-c2ccccc2CC3)CC)Sc2ccc3ccccc3c21. The molecule has 1 aliphatic carbocycles. The van der Waals surface area contributed by atoms with Gasteiger partial charge in [-0.2, -0.15) is 22.7 Å². The van der Waals surface area contributed by atoms with Crippen molar-refractivity contribution in [3.63, 3.8) is 0 Å². The second kappa shape index (κ2) is 14.8. The number of thiazole rings is 1. The summed E-state index contributed by atoms with van der Waals surface area (Å²) in [7, 11) is -8.05. The van der Waals surface area contributed by atoms with Gasteiger partial charge in [-0.3, -0.25) is 0 Å². The number of nitrogens with one attached hydrogen (secondary N) is 1. The molecule has 0 atom stereocenters. The number of hydrogen-bond acceptors (Lipinski definition) is 10. The van der Waals surface area contributed by atoms with Crippen molar-refractivity contribution in [2.75, 3.05) is 29.5 Å². The fraction of sp³-hybridized carbons (Fsp3) is 0.343. The van der Waals surface area contributed by atoms with Crippen LogP contribution >= 0.6 is 23.1 Å². The van der Waals surface area contributed by atoms with Gasteiger partial charge in [0.25, 0.3) is 15.1 Å². The maximum atomic E-state index is 12.5. The smallest absolute Gasteiger partial charge is 0.283 e. The lowest BCUT2D eigenvalue weighted by Crippen LogP contribution is -2.38. The zero-order valence-electron chi connectivity index (χ0n) is 27.0. The molecule has 0 amide bonds. The van der Waals surface area contributed by atoms with E-state index in [1.54, 1.807) is 30.0 Å². The van der Waals surface area contributed by atoms with Crippen molar-refractivity contribution in [2.45, 2.75) is 57.4 Å². The van der Waals surface area contributed by atoms with Gasteiger partial charge in [0.15, 0.2) is 6.54 Å². The van der Waals surface area contributed by atoms with Gasteiger partial charge in [-0.15, -0.1) is 0 Å². The molecule has 0 bridgehead atoms. The van der Waals surface area contributed by atoms with E-state index in [0.29, 0.717) is 26.1 Å². The minimum Gasteiger partial charge on any atom is -0.748 e. The topological polar surface area (TPSA) is 120 Å². The molecule has 6 rings (SSSR count). The van der Waals surface area contributed by atoms with Crippen molar-refractivity contribution in [3.05, 3.63) is 92.8 Å². The van der Waals surface area contributed by atoms with E-state index in [1.807, 2.05) is 24.3 Å². The lowest BCUT2D eigenvalue weighted by Gasteiger charge is -2.22. The number of nitrogens with zero attached hydrogens (tertiary/aromatic N) is 2. The number of hydrogen-bond donors (Lipinski definition) is 1. The van der Waals surface area contributed by atoms with Crippen LogP contribution in [0.1, 0.15) is 48.6 Å². The van der Waals surface area contributed by atoms with Crippen LogP contribution in [0.5, 0.6) is 0 Å². The van der Waals surface area contributed by atoms with Crippen LogP contribution in [0.3, 0.4) is 0 Å². The Morgan fingerprint density at radius 1 is 1.00 bits per heavy atom. The molecule has 48 heavy (non-hydrogen) atoms. The first-order chi connectivity index (χ1) is 23.1. The van der Waals surface area contributed by atoms with Crippen molar-refractivity contribution < 1.29 is 30.2 Å². The standard InChI is InChI=1S/C35H39N3O6S4/c1-3-25(23-32-37(19-9-21-47(39,40)41)34-28-13-7-5-11-26(28)15-17-30(34)45-32)24-33-38(20-10-22-48(42,43)44-36-4-2)35-29-14-8-6-12-27(29)16-18-31(35)46-33/h5-8,11-14,16,18,23-24,36H,3-4,9-10,15,17,19-22H2,1-2H3. The first kappa shape index (κ1) is 34.8. The molecule has 1 aromatic heterocycles. The van der Waals surface area contributed by atoms with Crippen LogP contribution in [0.25, 0.3) is 28.1 Å². The van der Waals surface area contributed by atoms with E-state index in [1.165, 1.54) is 10.4 Å². The minimum absolute atomic E-state index is 0.119. The van der Waals surface area contributed by atoms with Gasteiger partial charge in [0, 0.05) is 41.6 Å². The van der Waals surface area contributed by atoms with Crippen molar-refractivity contribution in [1.29, 1.82) is 0 Å². The molecule has 4 aromatic rings. The largest absolute Gasteiger partial charge is 0.748 e. The van der Waals surface area contributed by atoms with Crippen LogP contribution in [0.2, 0.25) is 0 Å². The highest BCUT2D eigenvalue weighted by Gasteiger charge is 2.32. The number of fused-ring (bicyclic) bond motifs is 6. The average molecular weight is 726 g/mol. The molecule has 0 saturated carbocycles. The number of hydroxylamine groups is 1. The van der Waals surface area contributed by atoms with Gasteiger partial charge in [-0.25, -0.2) is 8.42 Å². The molecule has 0 unspecified atom stereocenters. The second-order valence-electron chi connectivity index (χ2n) is 11.8. The third-order valence-corrected chi connectivity index (χ3v) is 12.7. The highest BCUT2D eigenvalue weighted by atomic mass is 32.2. The molecule has 2 heterocycles. The number of anilines is 1. The Morgan fingerprint density at radius 2 is 1.79 bits per heavy atom. The molecular weight excluding hydrogens is 687 g/mol. The summed E-state index contributed by atoms with van der Waals surface area (Å²) in [6.07, 6.45) is 7.56. The summed E-state index contributed by atoms with van der Waals surface area (Å²) in [6.45, 7) is 5.18. The summed E-state index contributed by atoms with van der Waals surface area (Å²) in [5.41, 5.74) is 8.13. The summed E-state index contributed by atoms with van der Waals surface area (Å²) in [5, 5.41) is 4.24. The Balaban J connectivity index is 1.38. The van der Waals surface area contributed by atoms with E-state index in [2.05, 4.69) is 70.4 Å². The first-order valence-corrected chi connectivity index (χ1v) is 21.0. The number of aryl methyl sites for hydroxylation is 2. The van der Waals surface area contributed by atoms with Crippen LogP contribution in [0, 0.1) is 0 Å². The summed E-state index contributed by atoms with van der Waals surface area (Å²) in [5.74, 6) is -0.528. The first-order valence-electron chi connectivity index (χ1n) is 16.2. The number of thioether (sulfide) groups is 1. The molecule has 0 saturated heterocycles. The molecule has 1 N–H and O–H groups in total. The van der Waals surface area contributed by atoms with Gasteiger partial charge in [0.2, 0.25) is 5.69 Å². The number of aromatic nitrogens is 1. The molecule has 0 spiro atoms. The fourth-order valence-corrected chi connectivity index (χ4v) is 10.1. The third-order valence-electron chi connectivity index (χ3n) is 8.44. The summed E-state index contributed by atoms with van der Waals surface area (Å²) in [4.78, 5) is 4.58. The monoisotopic (exact) mass is 725 g/mol. The molecule has 0 fully saturated rings. The Morgan fingerprint density at radius 3 is 2.58 bits per heavy atom.